The lowest BCUT2D eigenvalue weighted by molar-refractivity contribution is -0.116. The molecular formula is C18H18N2O2S. The number of aryl methyl sites for hydroxylation is 1. The number of carbonyl (C=O) groups excluding carboxylic acids is 2. The van der Waals surface area contributed by atoms with Crippen LogP contribution >= 0.6 is 11.8 Å². The van der Waals surface area contributed by atoms with E-state index >= 15 is 0 Å². The van der Waals surface area contributed by atoms with E-state index < -0.39 is 0 Å². The Morgan fingerprint density at radius 1 is 1.09 bits per heavy atom. The van der Waals surface area contributed by atoms with Crippen molar-refractivity contribution in [3.05, 3.63) is 53.6 Å². The Labute approximate surface area is 139 Å². The minimum absolute atomic E-state index is 0.0103. The molecule has 3 rings (SSSR count). The van der Waals surface area contributed by atoms with Crippen molar-refractivity contribution in [2.45, 2.75) is 30.4 Å². The summed E-state index contributed by atoms with van der Waals surface area (Å²) in [6.07, 6.45) is 0.748. The summed E-state index contributed by atoms with van der Waals surface area (Å²) < 4.78 is 0. The van der Waals surface area contributed by atoms with Gasteiger partial charge in [0.05, 0.1) is 5.25 Å². The predicted molar refractivity (Wildman–Crippen MR) is 93.9 cm³/mol. The van der Waals surface area contributed by atoms with Gasteiger partial charge in [-0.3, -0.25) is 9.59 Å². The van der Waals surface area contributed by atoms with Crippen molar-refractivity contribution >= 4 is 35.0 Å². The maximum atomic E-state index is 12.5. The highest BCUT2D eigenvalue weighted by Crippen LogP contribution is 2.38. The van der Waals surface area contributed by atoms with E-state index in [0.29, 0.717) is 11.4 Å². The Bertz CT molecular complexity index is 773. The van der Waals surface area contributed by atoms with Crippen LogP contribution in [0.1, 0.15) is 18.1 Å². The summed E-state index contributed by atoms with van der Waals surface area (Å²) in [4.78, 5) is 24.8. The lowest BCUT2D eigenvalue weighted by Gasteiger charge is -2.11. The molecule has 2 amide bonds. The van der Waals surface area contributed by atoms with Gasteiger partial charge in [-0.25, -0.2) is 0 Å². The number of fused-ring (bicyclic) bond motifs is 1. The van der Waals surface area contributed by atoms with Gasteiger partial charge in [0.15, 0.2) is 0 Å². The molecule has 2 aromatic carbocycles. The lowest BCUT2D eigenvalue weighted by Crippen LogP contribution is -2.24. The summed E-state index contributed by atoms with van der Waals surface area (Å²) in [6, 6.07) is 13.5. The second-order valence-corrected chi connectivity index (χ2v) is 6.92. The van der Waals surface area contributed by atoms with Crippen LogP contribution in [0.4, 0.5) is 11.4 Å². The van der Waals surface area contributed by atoms with E-state index in [4.69, 9.17) is 0 Å². The van der Waals surface area contributed by atoms with E-state index in [9.17, 15) is 9.59 Å². The van der Waals surface area contributed by atoms with Gasteiger partial charge in [-0.2, -0.15) is 0 Å². The van der Waals surface area contributed by atoms with Gasteiger partial charge >= 0.3 is 0 Å². The number of nitrogens with one attached hydrogen (secondary N) is 2. The van der Waals surface area contributed by atoms with E-state index in [1.807, 2.05) is 6.07 Å². The lowest BCUT2D eigenvalue weighted by atomic mass is 10.1. The summed E-state index contributed by atoms with van der Waals surface area (Å²) in [6.45, 7) is 3.52. The zero-order valence-corrected chi connectivity index (χ0v) is 13.9. The fraction of sp³-hybridized carbons (Fsp3) is 0.222. The summed E-state index contributed by atoms with van der Waals surface area (Å²) in [5.41, 5.74) is 3.80. The number of anilines is 2. The molecule has 4 nitrogen and oxygen atoms in total. The Balaban J connectivity index is 1.68. The first kappa shape index (κ1) is 15.6. The largest absolute Gasteiger partial charge is 0.326 e. The molecule has 0 bridgehead atoms. The first-order valence-electron chi connectivity index (χ1n) is 7.46. The molecule has 0 aliphatic carbocycles. The number of amides is 2. The van der Waals surface area contributed by atoms with Crippen LogP contribution in [-0.4, -0.2) is 17.1 Å². The van der Waals surface area contributed by atoms with Crippen LogP contribution in [-0.2, 0) is 16.0 Å². The molecule has 0 saturated carbocycles. The van der Waals surface area contributed by atoms with Crippen LogP contribution in [0.3, 0.4) is 0 Å². The molecule has 118 valence electrons. The smallest absolute Gasteiger partial charge is 0.238 e. The second-order valence-electron chi connectivity index (χ2n) is 5.67. The van der Waals surface area contributed by atoms with Crippen molar-refractivity contribution in [2.24, 2.45) is 0 Å². The molecule has 0 fully saturated rings. The van der Waals surface area contributed by atoms with E-state index in [-0.39, 0.29) is 17.1 Å². The molecule has 2 aromatic rings. The van der Waals surface area contributed by atoms with Crippen LogP contribution in [0.5, 0.6) is 0 Å². The van der Waals surface area contributed by atoms with Gasteiger partial charge < -0.3 is 10.6 Å². The van der Waals surface area contributed by atoms with Gasteiger partial charge in [0.1, 0.15) is 0 Å². The summed E-state index contributed by atoms with van der Waals surface area (Å²) in [5, 5.41) is 5.53. The molecule has 0 radical (unpaired) electrons. The van der Waals surface area contributed by atoms with E-state index in [2.05, 4.69) is 35.8 Å². The van der Waals surface area contributed by atoms with Crippen LogP contribution in [0.15, 0.2) is 47.4 Å². The molecule has 2 N–H and O–H groups in total. The standard InChI is InChI=1S/C18H18N2O2S/c1-11-6-7-13-9-17(23-16(13)8-11)18(22)20-15-5-3-4-14(10-15)19-12(2)21/h3-8,10,17H,9H2,1-2H3,(H,19,21)(H,20,22). The highest BCUT2D eigenvalue weighted by molar-refractivity contribution is 8.01. The Morgan fingerprint density at radius 3 is 2.57 bits per heavy atom. The number of benzene rings is 2. The Hall–Kier alpha value is -2.27. The minimum atomic E-state index is -0.134. The van der Waals surface area contributed by atoms with E-state index in [1.165, 1.54) is 22.9 Å². The normalized spacial score (nSPS) is 15.8. The van der Waals surface area contributed by atoms with Crippen molar-refractivity contribution in [3.63, 3.8) is 0 Å². The Kier molecular flexibility index (Phi) is 4.39. The molecule has 1 unspecified atom stereocenters. The SMILES string of the molecule is CC(=O)Nc1cccc(NC(=O)C2Cc3ccc(C)cc3S2)c1. The second kappa shape index (κ2) is 6.46. The molecule has 0 aromatic heterocycles. The van der Waals surface area contributed by atoms with Gasteiger partial charge in [0.2, 0.25) is 11.8 Å². The highest BCUT2D eigenvalue weighted by Gasteiger charge is 2.28. The van der Waals surface area contributed by atoms with Crippen molar-refractivity contribution in [3.8, 4) is 0 Å². The molecule has 1 atom stereocenters. The number of hydrogen-bond donors (Lipinski definition) is 2. The van der Waals surface area contributed by atoms with Gasteiger partial charge in [-0.15, -0.1) is 11.8 Å². The van der Waals surface area contributed by atoms with Gasteiger partial charge in [0.25, 0.3) is 0 Å². The molecule has 1 aliphatic rings. The van der Waals surface area contributed by atoms with Gasteiger partial charge in [-0.05, 0) is 43.2 Å². The Morgan fingerprint density at radius 2 is 1.83 bits per heavy atom. The van der Waals surface area contributed by atoms with E-state index in [1.54, 1.807) is 30.0 Å². The molecule has 23 heavy (non-hydrogen) atoms. The van der Waals surface area contributed by atoms with Crippen LogP contribution in [0, 0.1) is 6.92 Å². The summed E-state index contributed by atoms with van der Waals surface area (Å²) >= 11 is 1.61. The first-order valence-corrected chi connectivity index (χ1v) is 8.34. The maximum Gasteiger partial charge on any atom is 0.238 e. The van der Waals surface area contributed by atoms with Crippen molar-refractivity contribution in [1.82, 2.24) is 0 Å². The maximum absolute atomic E-state index is 12.5. The van der Waals surface area contributed by atoms with E-state index in [0.717, 1.165) is 6.42 Å². The number of hydrogen-bond acceptors (Lipinski definition) is 3. The van der Waals surface area contributed by atoms with Crippen LogP contribution < -0.4 is 10.6 Å². The van der Waals surface area contributed by atoms with Gasteiger partial charge in [0, 0.05) is 23.2 Å². The van der Waals surface area contributed by atoms with Gasteiger partial charge in [-0.1, -0.05) is 23.8 Å². The third-order valence-electron chi connectivity index (χ3n) is 3.64. The molecule has 1 heterocycles. The first-order chi connectivity index (χ1) is 11.0. The highest BCUT2D eigenvalue weighted by atomic mass is 32.2. The fourth-order valence-electron chi connectivity index (χ4n) is 2.58. The molecule has 0 saturated heterocycles. The predicted octanol–water partition coefficient (Wildman–Crippen LogP) is 3.61. The monoisotopic (exact) mass is 326 g/mol. The number of carbonyl (C=O) groups is 2. The van der Waals surface area contributed by atoms with Crippen LogP contribution in [0.25, 0.3) is 0 Å². The van der Waals surface area contributed by atoms with Crippen molar-refractivity contribution in [1.29, 1.82) is 0 Å². The molecular weight excluding hydrogens is 308 g/mol. The zero-order chi connectivity index (χ0) is 16.4. The molecule has 1 aliphatic heterocycles. The minimum Gasteiger partial charge on any atom is -0.326 e. The van der Waals surface area contributed by atoms with Crippen molar-refractivity contribution < 1.29 is 9.59 Å². The summed E-state index contributed by atoms with van der Waals surface area (Å²) in [7, 11) is 0. The average molecular weight is 326 g/mol. The molecule has 0 spiro atoms. The third-order valence-corrected chi connectivity index (χ3v) is 4.94. The number of thioether (sulfide) groups is 1. The average Bonchev–Trinajstić information content (AvgIpc) is 2.90. The van der Waals surface area contributed by atoms with Crippen LogP contribution in [0.2, 0.25) is 0 Å². The van der Waals surface area contributed by atoms with Crippen molar-refractivity contribution in [2.75, 3.05) is 10.6 Å². The zero-order valence-electron chi connectivity index (χ0n) is 13.1. The number of rotatable bonds is 3. The topological polar surface area (TPSA) is 58.2 Å². The fourth-order valence-corrected chi connectivity index (χ4v) is 3.87. The quantitative estimate of drug-likeness (QED) is 0.906. The summed E-state index contributed by atoms with van der Waals surface area (Å²) in [5.74, 6) is -0.144. The molecule has 5 heteroatoms. The third kappa shape index (κ3) is 3.74.